The highest BCUT2D eigenvalue weighted by Gasteiger charge is 2.15. The van der Waals surface area contributed by atoms with Crippen molar-refractivity contribution in [2.75, 3.05) is 13.7 Å². The molecular weight excluding hydrogens is 241 g/mol. The molecule has 2 unspecified atom stereocenters. The van der Waals surface area contributed by atoms with Crippen molar-refractivity contribution < 1.29 is 13.3 Å². The van der Waals surface area contributed by atoms with E-state index in [4.69, 9.17) is 10.5 Å². The maximum absolute atomic E-state index is 13.8. The first-order chi connectivity index (χ1) is 8.10. The van der Waals surface area contributed by atoms with Gasteiger partial charge in [0.25, 0.3) is 0 Å². The molecule has 0 radical (unpaired) electrons. The minimum atomic E-state index is -1.11. The Morgan fingerprint density at radius 3 is 2.82 bits per heavy atom. The summed E-state index contributed by atoms with van der Waals surface area (Å²) in [6, 6.07) is 4.87. The van der Waals surface area contributed by atoms with Crippen molar-refractivity contribution in [3.8, 4) is 5.75 Å². The molecule has 3 nitrogen and oxygen atoms in total. The first-order valence-corrected chi connectivity index (χ1v) is 6.87. The third-order valence-electron chi connectivity index (χ3n) is 2.58. The van der Waals surface area contributed by atoms with Crippen molar-refractivity contribution in [2.24, 2.45) is 5.73 Å². The van der Waals surface area contributed by atoms with E-state index in [9.17, 15) is 8.60 Å². The second-order valence-electron chi connectivity index (χ2n) is 3.85. The second-order valence-corrected chi connectivity index (χ2v) is 5.70. The lowest BCUT2D eigenvalue weighted by Gasteiger charge is -2.11. The van der Waals surface area contributed by atoms with Crippen molar-refractivity contribution in [1.29, 1.82) is 0 Å². The van der Waals surface area contributed by atoms with Crippen molar-refractivity contribution >= 4 is 10.8 Å². The summed E-state index contributed by atoms with van der Waals surface area (Å²) < 4.78 is 30.6. The van der Waals surface area contributed by atoms with Gasteiger partial charge in [0.1, 0.15) is 0 Å². The highest BCUT2D eigenvalue weighted by atomic mass is 32.2. The molecule has 0 aliphatic heterocycles. The topological polar surface area (TPSA) is 52.3 Å². The van der Waals surface area contributed by atoms with E-state index < -0.39 is 16.6 Å². The molecule has 0 spiro atoms. The Balaban J connectivity index is 2.78. The highest BCUT2D eigenvalue weighted by Crippen LogP contribution is 2.21. The van der Waals surface area contributed by atoms with Crippen molar-refractivity contribution in [1.82, 2.24) is 0 Å². The van der Waals surface area contributed by atoms with E-state index in [1.807, 2.05) is 6.92 Å². The fourth-order valence-electron chi connectivity index (χ4n) is 1.49. The highest BCUT2D eigenvalue weighted by molar-refractivity contribution is 7.84. The summed E-state index contributed by atoms with van der Waals surface area (Å²) in [6.07, 6.45) is 0.679. The monoisotopic (exact) mass is 259 g/mol. The third-order valence-corrected chi connectivity index (χ3v) is 4.31. The maximum Gasteiger partial charge on any atom is 0.169 e. The SMILES string of the molecule is COc1cccc(CS(=O)C(C)CCN)c1F. The van der Waals surface area contributed by atoms with E-state index in [2.05, 4.69) is 0 Å². The Morgan fingerprint density at radius 1 is 1.53 bits per heavy atom. The van der Waals surface area contributed by atoms with Crippen LogP contribution in [0.1, 0.15) is 18.9 Å². The first kappa shape index (κ1) is 14.1. The van der Waals surface area contributed by atoms with Gasteiger partial charge >= 0.3 is 0 Å². The standard InChI is InChI=1S/C12H18FNO2S/c1-9(6-7-14)17(15)8-10-4-3-5-11(16-2)12(10)13/h3-5,9H,6-8,14H2,1-2H3. The summed E-state index contributed by atoms with van der Waals surface area (Å²) in [5.74, 6) is -0.0428. The molecule has 0 aliphatic rings. The fraction of sp³-hybridized carbons (Fsp3) is 0.500. The Kier molecular flexibility index (Phi) is 5.58. The molecule has 0 heterocycles. The van der Waals surface area contributed by atoms with Gasteiger partial charge in [0.15, 0.2) is 11.6 Å². The largest absolute Gasteiger partial charge is 0.494 e. The third kappa shape index (κ3) is 3.78. The van der Waals surface area contributed by atoms with Crippen LogP contribution in [0.15, 0.2) is 18.2 Å². The molecule has 0 fully saturated rings. The predicted octanol–water partition coefficient (Wildman–Crippen LogP) is 1.82. The lowest BCUT2D eigenvalue weighted by atomic mass is 10.2. The van der Waals surface area contributed by atoms with Crippen molar-refractivity contribution in [3.63, 3.8) is 0 Å². The fourth-order valence-corrected chi connectivity index (χ4v) is 2.70. The normalized spacial score (nSPS) is 14.4. The van der Waals surface area contributed by atoms with Gasteiger partial charge in [-0.3, -0.25) is 4.21 Å². The molecule has 1 aromatic carbocycles. The molecule has 17 heavy (non-hydrogen) atoms. The van der Waals surface area contributed by atoms with Gasteiger partial charge in [-0.25, -0.2) is 4.39 Å². The molecule has 0 saturated carbocycles. The molecule has 0 saturated heterocycles. The minimum absolute atomic E-state index is 0.0226. The van der Waals surface area contributed by atoms with Crippen LogP contribution in [0.2, 0.25) is 0 Å². The molecule has 0 amide bonds. The lowest BCUT2D eigenvalue weighted by molar-refractivity contribution is 0.385. The lowest BCUT2D eigenvalue weighted by Crippen LogP contribution is -2.17. The van der Waals surface area contributed by atoms with Gasteiger partial charge in [-0.2, -0.15) is 0 Å². The molecule has 1 rings (SSSR count). The molecule has 5 heteroatoms. The van der Waals surface area contributed by atoms with Crippen LogP contribution in [-0.4, -0.2) is 23.1 Å². The summed E-state index contributed by atoms with van der Waals surface area (Å²) in [7, 11) is 0.301. The summed E-state index contributed by atoms with van der Waals surface area (Å²) in [6.45, 7) is 2.36. The van der Waals surface area contributed by atoms with Crippen LogP contribution < -0.4 is 10.5 Å². The van der Waals surface area contributed by atoms with Crippen LogP contribution in [0.5, 0.6) is 5.75 Å². The summed E-state index contributed by atoms with van der Waals surface area (Å²) in [5, 5.41) is -0.0226. The van der Waals surface area contributed by atoms with Gasteiger partial charge in [-0.1, -0.05) is 19.1 Å². The number of methoxy groups -OCH3 is 1. The Bertz CT molecular complexity index is 398. The smallest absolute Gasteiger partial charge is 0.169 e. The van der Waals surface area contributed by atoms with Gasteiger partial charge in [-0.05, 0) is 19.0 Å². The molecule has 1 aromatic rings. The zero-order valence-electron chi connectivity index (χ0n) is 10.1. The Labute approximate surface area is 104 Å². The molecule has 0 aliphatic carbocycles. The zero-order valence-corrected chi connectivity index (χ0v) is 10.9. The molecule has 0 bridgehead atoms. The summed E-state index contributed by atoms with van der Waals surface area (Å²) >= 11 is 0. The zero-order chi connectivity index (χ0) is 12.8. The number of nitrogens with two attached hydrogens (primary N) is 1. The molecule has 2 atom stereocenters. The number of ether oxygens (including phenoxy) is 1. The summed E-state index contributed by atoms with van der Waals surface area (Å²) in [5.41, 5.74) is 5.83. The number of rotatable bonds is 6. The van der Waals surface area contributed by atoms with Gasteiger partial charge in [0.05, 0.1) is 12.9 Å². The molecule has 0 aromatic heterocycles. The summed E-state index contributed by atoms with van der Waals surface area (Å²) in [4.78, 5) is 0. The Morgan fingerprint density at radius 2 is 2.24 bits per heavy atom. The molecular formula is C12H18FNO2S. The molecule has 96 valence electrons. The number of hydrogen-bond acceptors (Lipinski definition) is 3. The van der Waals surface area contributed by atoms with Crippen LogP contribution in [0.25, 0.3) is 0 Å². The Hall–Kier alpha value is -0.940. The van der Waals surface area contributed by atoms with Gasteiger partial charge in [0, 0.05) is 21.6 Å². The van der Waals surface area contributed by atoms with E-state index in [0.717, 1.165) is 0 Å². The average molecular weight is 259 g/mol. The van der Waals surface area contributed by atoms with Crippen LogP contribution in [0.3, 0.4) is 0 Å². The van der Waals surface area contributed by atoms with Crippen LogP contribution in [-0.2, 0) is 16.6 Å². The van der Waals surface area contributed by atoms with Gasteiger partial charge in [0.2, 0.25) is 0 Å². The predicted molar refractivity (Wildman–Crippen MR) is 67.9 cm³/mol. The van der Waals surface area contributed by atoms with E-state index >= 15 is 0 Å². The number of hydrogen-bond donors (Lipinski definition) is 1. The van der Waals surface area contributed by atoms with E-state index in [0.29, 0.717) is 18.5 Å². The maximum atomic E-state index is 13.8. The van der Waals surface area contributed by atoms with E-state index in [1.165, 1.54) is 7.11 Å². The minimum Gasteiger partial charge on any atom is -0.494 e. The van der Waals surface area contributed by atoms with Crippen molar-refractivity contribution in [3.05, 3.63) is 29.6 Å². The quantitative estimate of drug-likeness (QED) is 0.848. The van der Waals surface area contributed by atoms with Crippen LogP contribution in [0, 0.1) is 5.82 Å². The van der Waals surface area contributed by atoms with Crippen LogP contribution in [0.4, 0.5) is 4.39 Å². The number of benzene rings is 1. The van der Waals surface area contributed by atoms with Crippen LogP contribution >= 0.6 is 0 Å². The van der Waals surface area contributed by atoms with Gasteiger partial charge in [-0.15, -0.1) is 0 Å². The van der Waals surface area contributed by atoms with Gasteiger partial charge < -0.3 is 10.5 Å². The van der Waals surface area contributed by atoms with Crippen molar-refractivity contribution in [2.45, 2.75) is 24.3 Å². The first-order valence-electron chi connectivity index (χ1n) is 5.48. The average Bonchev–Trinajstić information content (AvgIpc) is 2.32. The van der Waals surface area contributed by atoms with E-state index in [-0.39, 0.29) is 16.8 Å². The second kappa shape index (κ2) is 6.71. The van der Waals surface area contributed by atoms with E-state index in [1.54, 1.807) is 18.2 Å². The molecule has 2 N–H and O–H groups in total. The number of halogens is 1.